The normalized spacial score (nSPS) is 26.1. The fourth-order valence-electron chi connectivity index (χ4n) is 2.94. The molecule has 100 valence electrons. The van der Waals surface area contributed by atoms with Crippen LogP contribution in [0.3, 0.4) is 0 Å². The van der Waals surface area contributed by atoms with E-state index in [2.05, 4.69) is 5.32 Å². The van der Waals surface area contributed by atoms with Gasteiger partial charge in [-0.15, -0.1) is 0 Å². The zero-order valence-electron chi connectivity index (χ0n) is 10.9. The van der Waals surface area contributed by atoms with Crippen LogP contribution in [0.1, 0.15) is 45.4 Å². The van der Waals surface area contributed by atoms with Crippen LogP contribution in [0.5, 0.6) is 0 Å². The molecule has 0 radical (unpaired) electrons. The first-order valence-corrected chi connectivity index (χ1v) is 6.82. The summed E-state index contributed by atoms with van der Waals surface area (Å²) in [5, 5.41) is 10.6. The summed E-state index contributed by atoms with van der Waals surface area (Å²) in [7, 11) is 0. The van der Waals surface area contributed by atoms with Gasteiger partial charge in [-0.3, -0.25) is 20.3 Å². The van der Waals surface area contributed by atoms with Crippen molar-refractivity contribution in [2.45, 2.75) is 51.5 Å². The number of rotatable bonds is 2. The molecular formula is C13H21N3O2. The van der Waals surface area contributed by atoms with Gasteiger partial charge in [0.05, 0.1) is 6.54 Å². The maximum atomic E-state index is 11.8. The molecule has 2 amide bonds. The predicted octanol–water partition coefficient (Wildman–Crippen LogP) is 1.28. The fraction of sp³-hybridized carbons (Fsp3) is 0.769. The zero-order chi connectivity index (χ0) is 13.1. The quantitative estimate of drug-likeness (QED) is 0.441. The van der Waals surface area contributed by atoms with Crippen LogP contribution in [-0.4, -0.2) is 35.1 Å². The molecule has 0 aromatic rings. The van der Waals surface area contributed by atoms with Gasteiger partial charge >= 0.3 is 0 Å². The second kappa shape index (κ2) is 5.50. The monoisotopic (exact) mass is 251 g/mol. The first-order chi connectivity index (χ1) is 8.63. The molecule has 0 bridgehead atoms. The summed E-state index contributed by atoms with van der Waals surface area (Å²) < 4.78 is 0. The average Bonchev–Trinajstić information content (AvgIpc) is 2.38. The lowest BCUT2D eigenvalue weighted by Gasteiger charge is -2.38. The van der Waals surface area contributed by atoms with E-state index in [4.69, 9.17) is 5.41 Å². The molecular weight excluding hydrogens is 230 g/mol. The minimum atomic E-state index is -0.350. The highest BCUT2D eigenvalue weighted by atomic mass is 16.2. The van der Waals surface area contributed by atoms with Gasteiger partial charge in [-0.2, -0.15) is 0 Å². The maximum absolute atomic E-state index is 11.8. The maximum Gasteiger partial charge on any atom is 0.249 e. The number of hydrogen-bond donors (Lipinski definition) is 2. The van der Waals surface area contributed by atoms with Crippen LogP contribution in [0, 0.1) is 11.3 Å². The van der Waals surface area contributed by atoms with E-state index in [0.29, 0.717) is 12.3 Å². The van der Waals surface area contributed by atoms with E-state index in [1.165, 1.54) is 6.42 Å². The van der Waals surface area contributed by atoms with Crippen molar-refractivity contribution >= 4 is 17.6 Å². The molecule has 1 unspecified atom stereocenters. The molecule has 0 aromatic heterocycles. The second-order valence-electron chi connectivity index (χ2n) is 5.18. The number of amides is 2. The summed E-state index contributed by atoms with van der Waals surface area (Å²) in [6, 6.07) is -0.350. The average molecular weight is 251 g/mol. The van der Waals surface area contributed by atoms with Crippen LogP contribution in [0.4, 0.5) is 0 Å². The first-order valence-electron chi connectivity index (χ1n) is 6.82. The van der Waals surface area contributed by atoms with Gasteiger partial charge in [-0.25, -0.2) is 0 Å². The van der Waals surface area contributed by atoms with Gasteiger partial charge in [0, 0.05) is 5.92 Å². The van der Waals surface area contributed by atoms with Crippen molar-refractivity contribution in [3.8, 4) is 0 Å². The third-order valence-corrected chi connectivity index (χ3v) is 3.94. The van der Waals surface area contributed by atoms with Crippen LogP contribution in [0.15, 0.2) is 0 Å². The lowest BCUT2D eigenvalue weighted by molar-refractivity contribution is -0.137. The van der Waals surface area contributed by atoms with Crippen LogP contribution in [-0.2, 0) is 9.59 Å². The number of nitrogens with one attached hydrogen (secondary N) is 2. The Morgan fingerprint density at radius 2 is 2.00 bits per heavy atom. The minimum Gasteiger partial charge on any atom is -0.339 e. The predicted molar refractivity (Wildman–Crippen MR) is 68.2 cm³/mol. The lowest BCUT2D eigenvalue weighted by atomic mass is 9.87. The summed E-state index contributed by atoms with van der Waals surface area (Å²) in [5.41, 5.74) is 0. The van der Waals surface area contributed by atoms with Crippen LogP contribution in [0.25, 0.3) is 0 Å². The molecule has 2 rings (SSSR count). The van der Waals surface area contributed by atoms with Crippen molar-refractivity contribution in [2.75, 3.05) is 6.54 Å². The fourth-order valence-corrected chi connectivity index (χ4v) is 2.94. The molecule has 18 heavy (non-hydrogen) atoms. The molecule has 1 heterocycles. The van der Waals surface area contributed by atoms with Gasteiger partial charge in [0.1, 0.15) is 11.9 Å². The summed E-state index contributed by atoms with van der Waals surface area (Å²) in [5.74, 6) is 0.177. The summed E-state index contributed by atoms with van der Waals surface area (Å²) >= 11 is 0. The Morgan fingerprint density at radius 1 is 1.33 bits per heavy atom. The summed E-state index contributed by atoms with van der Waals surface area (Å²) in [6.45, 7) is 2.07. The molecule has 2 aliphatic rings. The first kappa shape index (κ1) is 13.1. The van der Waals surface area contributed by atoms with Crippen LogP contribution >= 0.6 is 0 Å². The SMILES string of the molecule is CCC1C(=O)NC(=O)CN1C(=N)C1CCCCC1. The molecule has 0 aromatic carbocycles. The number of amidine groups is 1. The van der Waals surface area contributed by atoms with Crippen molar-refractivity contribution in [3.05, 3.63) is 0 Å². The summed E-state index contributed by atoms with van der Waals surface area (Å²) in [4.78, 5) is 24.9. The number of carbonyl (C=O) groups is 2. The van der Waals surface area contributed by atoms with Crippen molar-refractivity contribution in [2.24, 2.45) is 5.92 Å². The van der Waals surface area contributed by atoms with Gasteiger partial charge in [-0.1, -0.05) is 26.2 Å². The molecule has 1 aliphatic carbocycles. The van der Waals surface area contributed by atoms with Crippen molar-refractivity contribution < 1.29 is 9.59 Å². The Hall–Kier alpha value is -1.39. The molecule has 0 spiro atoms. The van der Waals surface area contributed by atoms with Gasteiger partial charge in [0.2, 0.25) is 11.8 Å². The van der Waals surface area contributed by atoms with E-state index >= 15 is 0 Å². The highest BCUT2D eigenvalue weighted by Crippen LogP contribution is 2.27. The van der Waals surface area contributed by atoms with E-state index in [0.717, 1.165) is 25.7 Å². The molecule has 5 heteroatoms. The lowest BCUT2D eigenvalue weighted by Crippen LogP contribution is -2.60. The van der Waals surface area contributed by atoms with Crippen LogP contribution < -0.4 is 5.32 Å². The van der Waals surface area contributed by atoms with Crippen LogP contribution in [0.2, 0.25) is 0 Å². The number of imide groups is 1. The standard InChI is InChI=1S/C13H21N3O2/c1-2-10-13(18)15-11(17)8-16(10)12(14)9-6-4-3-5-7-9/h9-10,14H,2-8H2,1H3,(H,15,17,18). The number of hydrogen-bond acceptors (Lipinski definition) is 3. The Bertz CT molecular complexity index is 361. The number of piperazine rings is 1. The Balaban J connectivity index is 2.10. The second-order valence-corrected chi connectivity index (χ2v) is 5.18. The smallest absolute Gasteiger partial charge is 0.249 e. The van der Waals surface area contributed by atoms with E-state index in [9.17, 15) is 9.59 Å². The van der Waals surface area contributed by atoms with E-state index < -0.39 is 0 Å². The van der Waals surface area contributed by atoms with Gasteiger partial charge in [0.15, 0.2) is 0 Å². The number of nitrogens with zero attached hydrogens (tertiary/aromatic N) is 1. The molecule has 2 N–H and O–H groups in total. The molecule has 1 atom stereocenters. The third kappa shape index (κ3) is 2.54. The molecule has 1 saturated carbocycles. The van der Waals surface area contributed by atoms with Gasteiger partial charge in [-0.05, 0) is 19.3 Å². The summed E-state index contributed by atoms with van der Waals surface area (Å²) in [6.07, 6.45) is 6.20. The molecule has 5 nitrogen and oxygen atoms in total. The van der Waals surface area contributed by atoms with Crippen molar-refractivity contribution in [3.63, 3.8) is 0 Å². The van der Waals surface area contributed by atoms with Gasteiger partial charge in [0.25, 0.3) is 0 Å². The van der Waals surface area contributed by atoms with E-state index in [-0.39, 0.29) is 30.3 Å². The van der Waals surface area contributed by atoms with Crippen molar-refractivity contribution in [1.29, 1.82) is 5.41 Å². The Morgan fingerprint density at radius 3 is 2.61 bits per heavy atom. The molecule has 1 saturated heterocycles. The minimum absolute atomic E-state index is 0.152. The van der Waals surface area contributed by atoms with E-state index in [1.807, 2.05) is 6.92 Å². The highest BCUT2D eigenvalue weighted by Gasteiger charge is 2.36. The number of carbonyl (C=O) groups excluding carboxylic acids is 2. The zero-order valence-corrected chi connectivity index (χ0v) is 10.9. The largest absolute Gasteiger partial charge is 0.339 e. The Labute approximate surface area is 107 Å². The third-order valence-electron chi connectivity index (χ3n) is 3.94. The topological polar surface area (TPSA) is 73.3 Å². The highest BCUT2D eigenvalue weighted by molar-refractivity contribution is 6.04. The Kier molecular flexibility index (Phi) is 3.99. The van der Waals surface area contributed by atoms with Crippen molar-refractivity contribution in [1.82, 2.24) is 10.2 Å². The molecule has 1 aliphatic heterocycles. The van der Waals surface area contributed by atoms with E-state index in [1.54, 1.807) is 4.90 Å². The van der Waals surface area contributed by atoms with Gasteiger partial charge < -0.3 is 4.90 Å². The molecule has 2 fully saturated rings.